The van der Waals surface area contributed by atoms with Gasteiger partial charge in [0.25, 0.3) is 0 Å². The molecule has 1 aromatic heterocycles. The highest BCUT2D eigenvalue weighted by Gasteiger charge is 2.30. The summed E-state index contributed by atoms with van der Waals surface area (Å²) in [5.41, 5.74) is 9.02. The number of nitrogens with zero attached hydrogens (tertiary/aromatic N) is 1. The van der Waals surface area contributed by atoms with Crippen LogP contribution in [0.25, 0.3) is 0 Å². The molecule has 21 heavy (non-hydrogen) atoms. The molecule has 0 spiro atoms. The number of nitrogens with one attached hydrogen (secondary N) is 1. The first-order valence-corrected chi connectivity index (χ1v) is 7.89. The lowest BCUT2D eigenvalue weighted by atomic mass is 10.1. The molecule has 1 saturated carbocycles. The van der Waals surface area contributed by atoms with Crippen LogP contribution in [0.15, 0.2) is 18.2 Å². The van der Waals surface area contributed by atoms with Crippen LogP contribution in [0.1, 0.15) is 45.5 Å². The Morgan fingerprint density at radius 2 is 2.00 bits per heavy atom. The van der Waals surface area contributed by atoms with Gasteiger partial charge in [-0.05, 0) is 49.9 Å². The smallest absolute Gasteiger partial charge is 0.140 e. The third-order valence-corrected chi connectivity index (χ3v) is 4.54. The summed E-state index contributed by atoms with van der Waals surface area (Å²) < 4.78 is 5.84. The van der Waals surface area contributed by atoms with Crippen molar-refractivity contribution in [1.82, 2.24) is 4.98 Å². The van der Waals surface area contributed by atoms with Crippen LogP contribution in [0.5, 0.6) is 5.75 Å². The highest BCUT2D eigenvalue weighted by atomic mass is 32.1. The van der Waals surface area contributed by atoms with Crippen LogP contribution >= 0.6 is 11.3 Å². The maximum Gasteiger partial charge on any atom is 0.140 e. The molecule has 1 fully saturated rings. The summed E-state index contributed by atoms with van der Waals surface area (Å²) in [6.45, 7) is 4.55. The van der Waals surface area contributed by atoms with Gasteiger partial charge in [0.05, 0.1) is 10.6 Å². The number of benzene rings is 1. The molecule has 2 aromatic rings. The van der Waals surface area contributed by atoms with E-state index in [1.807, 2.05) is 12.1 Å². The van der Waals surface area contributed by atoms with Gasteiger partial charge < -0.3 is 10.5 Å². The lowest BCUT2D eigenvalue weighted by Crippen LogP contribution is -2.11. The molecule has 0 bridgehead atoms. The van der Waals surface area contributed by atoms with Gasteiger partial charge in [-0.3, -0.25) is 5.41 Å². The van der Waals surface area contributed by atoms with E-state index in [1.54, 1.807) is 0 Å². The van der Waals surface area contributed by atoms with Crippen LogP contribution in [0.4, 0.5) is 0 Å². The van der Waals surface area contributed by atoms with Crippen molar-refractivity contribution in [3.8, 4) is 5.75 Å². The number of aryl methyl sites for hydroxylation is 2. The van der Waals surface area contributed by atoms with Crippen molar-refractivity contribution >= 4 is 17.2 Å². The quantitative estimate of drug-likeness (QED) is 0.656. The summed E-state index contributed by atoms with van der Waals surface area (Å²) in [4.78, 5) is 5.44. The van der Waals surface area contributed by atoms with Gasteiger partial charge in [0.2, 0.25) is 0 Å². The second-order valence-electron chi connectivity index (χ2n) is 5.62. The van der Waals surface area contributed by atoms with Crippen molar-refractivity contribution in [2.24, 2.45) is 5.73 Å². The first-order chi connectivity index (χ1) is 10.0. The lowest BCUT2D eigenvalue weighted by molar-refractivity contribution is 0.305. The monoisotopic (exact) mass is 301 g/mol. The van der Waals surface area contributed by atoms with Crippen molar-refractivity contribution in [3.05, 3.63) is 44.9 Å². The number of nitrogen functional groups attached to an aromatic ring is 1. The van der Waals surface area contributed by atoms with Crippen LogP contribution in [0.3, 0.4) is 0 Å². The third kappa shape index (κ3) is 3.24. The Morgan fingerprint density at radius 1 is 1.33 bits per heavy atom. The third-order valence-electron chi connectivity index (χ3n) is 3.46. The summed E-state index contributed by atoms with van der Waals surface area (Å²) in [5, 5.41) is 8.56. The number of hydrogen-bond donors (Lipinski definition) is 2. The Labute approximate surface area is 128 Å². The molecule has 0 saturated heterocycles. The zero-order chi connectivity index (χ0) is 15.0. The summed E-state index contributed by atoms with van der Waals surface area (Å²) in [7, 11) is 0. The van der Waals surface area contributed by atoms with Crippen LogP contribution in [-0.4, -0.2) is 10.8 Å². The van der Waals surface area contributed by atoms with E-state index in [-0.39, 0.29) is 5.84 Å². The lowest BCUT2D eigenvalue weighted by Gasteiger charge is -2.06. The van der Waals surface area contributed by atoms with E-state index in [1.165, 1.54) is 22.5 Å². The van der Waals surface area contributed by atoms with E-state index in [0.29, 0.717) is 12.5 Å². The first kappa shape index (κ1) is 14.1. The molecule has 1 heterocycles. The minimum absolute atomic E-state index is 0.118. The Bertz CT molecular complexity index is 669. The molecule has 3 N–H and O–H groups in total. The average molecular weight is 301 g/mol. The van der Waals surface area contributed by atoms with Crippen molar-refractivity contribution in [3.63, 3.8) is 0 Å². The number of hydrogen-bond acceptors (Lipinski definition) is 4. The zero-order valence-corrected chi connectivity index (χ0v) is 13.1. The fourth-order valence-corrected chi connectivity index (χ4v) is 3.35. The molecule has 3 rings (SSSR count). The number of thiazole rings is 1. The standard InChI is InChI=1S/C16H19N3OS/c1-9-5-10(2)7-12(6-9)20-8-13-19-14(11-3-4-11)15(21-13)16(17)18/h5-7,11H,3-4,8H2,1-2H3,(H3,17,18). The minimum atomic E-state index is 0.118. The van der Waals surface area contributed by atoms with Gasteiger partial charge in [-0.15, -0.1) is 11.3 Å². The highest BCUT2D eigenvalue weighted by molar-refractivity contribution is 7.13. The topological polar surface area (TPSA) is 72.0 Å². The molecule has 1 aromatic carbocycles. The molecule has 0 radical (unpaired) electrons. The van der Waals surface area contributed by atoms with Crippen LogP contribution < -0.4 is 10.5 Å². The van der Waals surface area contributed by atoms with Crippen molar-refractivity contribution in [2.75, 3.05) is 0 Å². The van der Waals surface area contributed by atoms with E-state index in [0.717, 1.165) is 34.2 Å². The molecular weight excluding hydrogens is 282 g/mol. The predicted octanol–water partition coefficient (Wildman–Crippen LogP) is 3.50. The Morgan fingerprint density at radius 3 is 2.57 bits per heavy atom. The van der Waals surface area contributed by atoms with Gasteiger partial charge in [0.15, 0.2) is 0 Å². The minimum Gasteiger partial charge on any atom is -0.486 e. The summed E-state index contributed by atoms with van der Waals surface area (Å²) >= 11 is 1.48. The molecule has 0 amide bonds. The average Bonchev–Trinajstić information content (AvgIpc) is 3.15. The van der Waals surface area contributed by atoms with Gasteiger partial charge in [0.1, 0.15) is 23.2 Å². The normalized spacial score (nSPS) is 14.2. The van der Waals surface area contributed by atoms with Crippen molar-refractivity contribution in [2.45, 2.75) is 39.2 Å². The van der Waals surface area contributed by atoms with E-state index in [9.17, 15) is 0 Å². The number of aromatic nitrogens is 1. The van der Waals surface area contributed by atoms with Crippen LogP contribution in [0, 0.1) is 19.3 Å². The number of ether oxygens (including phenoxy) is 1. The molecule has 4 nitrogen and oxygen atoms in total. The Balaban J connectivity index is 1.75. The molecular formula is C16H19N3OS. The molecule has 5 heteroatoms. The van der Waals surface area contributed by atoms with Crippen LogP contribution in [0.2, 0.25) is 0 Å². The summed E-state index contributed by atoms with van der Waals surface area (Å²) in [5.74, 6) is 1.47. The Kier molecular flexibility index (Phi) is 3.68. The summed E-state index contributed by atoms with van der Waals surface area (Å²) in [6.07, 6.45) is 2.31. The number of rotatable bonds is 5. The van der Waals surface area contributed by atoms with Gasteiger partial charge in [0, 0.05) is 5.92 Å². The van der Waals surface area contributed by atoms with Gasteiger partial charge >= 0.3 is 0 Å². The second kappa shape index (κ2) is 5.48. The number of amidine groups is 1. The second-order valence-corrected chi connectivity index (χ2v) is 6.71. The first-order valence-electron chi connectivity index (χ1n) is 7.08. The maximum atomic E-state index is 7.67. The predicted molar refractivity (Wildman–Crippen MR) is 85.4 cm³/mol. The van der Waals surface area contributed by atoms with Gasteiger partial charge in [-0.25, -0.2) is 4.98 Å². The van der Waals surface area contributed by atoms with Crippen molar-refractivity contribution < 1.29 is 4.74 Å². The fourth-order valence-electron chi connectivity index (χ4n) is 2.43. The van der Waals surface area contributed by atoms with Crippen molar-refractivity contribution in [1.29, 1.82) is 5.41 Å². The molecule has 1 aliphatic carbocycles. The molecule has 1 aliphatic rings. The highest BCUT2D eigenvalue weighted by Crippen LogP contribution is 2.42. The molecule has 0 unspecified atom stereocenters. The van der Waals surface area contributed by atoms with Gasteiger partial charge in [-0.1, -0.05) is 6.07 Å². The molecule has 0 aliphatic heterocycles. The molecule has 0 atom stereocenters. The largest absolute Gasteiger partial charge is 0.486 e. The van der Waals surface area contributed by atoms with E-state index >= 15 is 0 Å². The molecule has 110 valence electrons. The fraction of sp³-hybridized carbons (Fsp3) is 0.375. The Hall–Kier alpha value is -1.88. The number of nitrogens with two attached hydrogens (primary N) is 1. The zero-order valence-electron chi connectivity index (χ0n) is 12.3. The van der Waals surface area contributed by atoms with E-state index < -0.39 is 0 Å². The van der Waals surface area contributed by atoms with Gasteiger partial charge in [-0.2, -0.15) is 0 Å². The van der Waals surface area contributed by atoms with E-state index in [4.69, 9.17) is 15.9 Å². The maximum absolute atomic E-state index is 7.67. The van der Waals surface area contributed by atoms with E-state index in [2.05, 4.69) is 24.9 Å². The van der Waals surface area contributed by atoms with Crippen LogP contribution in [-0.2, 0) is 6.61 Å². The SMILES string of the molecule is Cc1cc(C)cc(OCc2nc(C3CC3)c(C(=N)N)s2)c1. The summed E-state index contributed by atoms with van der Waals surface area (Å²) in [6, 6.07) is 6.16.